The molecule has 3 unspecified atom stereocenters. The summed E-state index contributed by atoms with van der Waals surface area (Å²) in [5.74, 6) is -0.330. The van der Waals surface area contributed by atoms with Gasteiger partial charge >= 0.3 is 11.9 Å². The second kappa shape index (κ2) is 11.8. The van der Waals surface area contributed by atoms with E-state index >= 15 is 0 Å². The number of terminal acetylenes is 1. The van der Waals surface area contributed by atoms with E-state index in [9.17, 15) is 19.8 Å². The van der Waals surface area contributed by atoms with Crippen LogP contribution in [0.25, 0.3) is 11.2 Å². The third-order valence-electron chi connectivity index (χ3n) is 7.52. The SMILES string of the molecule is C#CC1CC(n2cnc3c(N4CCCCCC4)nc(Cl)nc32)OC1COC(Cc1ccccc1)(C(=O)O)C(=O)O. The molecule has 1 aromatic carbocycles. The van der Waals surface area contributed by atoms with Gasteiger partial charge in [0.2, 0.25) is 5.28 Å². The van der Waals surface area contributed by atoms with Crippen molar-refractivity contribution >= 4 is 40.5 Å². The maximum absolute atomic E-state index is 12.2. The topological polar surface area (TPSA) is 140 Å². The number of carboxylic acids is 2. The number of ether oxygens (including phenoxy) is 2. The van der Waals surface area contributed by atoms with Gasteiger partial charge in [-0.25, -0.2) is 14.6 Å². The lowest BCUT2D eigenvalue weighted by Crippen LogP contribution is -2.52. The van der Waals surface area contributed by atoms with Crippen LogP contribution in [-0.2, 0) is 25.5 Å². The molecule has 2 aliphatic heterocycles. The lowest BCUT2D eigenvalue weighted by molar-refractivity contribution is -0.188. The highest BCUT2D eigenvalue weighted by atomic mass is 35.5. The number of aromatic nitrogens is 4. The van der Waals surface area contributed by atoms with Crippen LogP contribution in [0.15, 0.2) is 36.7 Å². The first-order valence-electron chi connectivity index (χ1n) is 13.2. The Morgan fingerprint density at radius 1 is 1.12 bits per heavy atom. The van der Waals surface area contributed by atoms with E-state index in [2.05, 4.69) is 25.8 Å². The van der Waals surface area contributed by atoms with E-state index in [1.165, 1.54) is 0 Å². The van der Waals surface area contributed by atoms with Crippen LogP contribution < -0.4 is 4.90 Å². The molecule has 2 aromatic heterocycles. The first-order valence-corrected chi connectivity index (χ1v) is 13.6. The number of carboxylic acid groups (broad SMARTS) is 2. The van der Waals surface area contributed by atoms with Crippen LogP contribution in [0.5, 0.6) is 0 Å². The molecular weight excluding hydrogens is 538 g/mol. The largest absolute Gasteiger partial charge is 0.479 e. The third kappa shape index (κ3) is 5.47. The molecule has 2 N–H and O–H groups in total. The molecule has 2 aliphatic rings. The lowest BCUT2D eigenvalue weighted by Gasteiger charge is -2.27. The summed E-state index contributed by atoms with van der Waals surface area (Å²) in [5.41, 5.74) is -0.902. The van der Waals surface area contributed by atoms with Crippen LogP contribution >= 0.6 is 11.6 Å². The Morgan fingerprint density at radius 2 is 1.82 bits per heavy atom. The van der Waals surface area contributed by atoms with Gasteiger partial charge in [-0.1, -0.05) is 43.2 Å². The summed E-state index contributed by atoms with van der Waals surface area (Å²) < 4.78 is 13.6. The number of hydrogen-bond acceptors (Lipinski definition) is 8. The molecule has 210 valence electrons. The van der Waals surface area contributed by atoms with Gasteiger partial charge in [-0.15, -0.1) is 12.3 Å². The number of benzene rings is 1. The molecular formula is C28H30ClN5O6. The molecule has 0 bridgehead atoms. The molecule has 0 aliphatic carbocycles. The Kier molecular flexibility index (Phi) is 8.21. The molecule has 0 radical (unpaired) electrons. The van der Waals surface area contributed by atoms with Crippen LogP contribution in [0, 0.1) is 18.3 Å². The Labute approximate surface area is 236 Å². The molecule has 0 saturated carbocycles. The standard InChI is InChI=1S/C28H30ClN5O6/c1-2-19-14-21(34-17-30-22-23(31-27(29)32-24(22)34)33-12-8-3-4-9-13-33)40-20(19)16-39-28(25(35)36,26(37)38)15-18-10-6-5-7-11-18/h1,5-7,10-11,17,19-21H,3-4,8-9,12-16H2,(H,35,36)(H,37,38). The minimum atomic E-state index is -2.51. The predicted octanol–water partition coefficient (Wildman–Crippen LogP) is 3.56. The number of nitrogens with zero attached hydrogens (tertiary/aromatic N) is 5. The van der Waals surface area contributed by atoms with Crippen LogP contribution in [0.1, 0.15) is 43.9 Å². The zero-order chi connectivity index (χ0) is 28.3. The molecule has 5 rings (SSSR count). The normalized spacial score (nSPS) is 21.7. The Morgan fingerprint density at radius 3 is 2.48 bits per heavy atom. The molecule has 40 heavy (non-hydrogen) atoms. The second-order valence-corrected chi connectivity index (χ2v) is 10.4. The molecule has 3 atom stereocenters. The van der Waals surface area contributed by atoms with Gasteiger partial charge in [0.15, 0.2) is 17.0 Å². The van der Waals surface area contributed by atoms with Crippen molar-refractivity contribution in [2.45, 2.75) is 56.5 Å². The Bertz CT molecular complexity index is 1400. The van der Waals surface area contributed by atoms with Crippen LogP contribution in [0.3, 0.4) is 0 Å². The fourth-order valence-corrected chi connectivity index (χ4v) is 5.51. The van der Waals surface area contributed by atoms with Crippen molar-refractivity contribution in [2.24, 2.45) is 5.92 Å². The second-order valence-electron chi connectivity index (χ2n) is 10.1. The van der Waals surface area contributed by atoms with Crippen molar-refractivity contribution < 1.29 is 29.3 Å². The highest BCUT2D eigenvalue weighted by molar-refractivity contribution is 6.28. The van der Waals surface area contributed by atoms with Gasteiger partial charge < -0.3 is 24.6 Å². The number of fused-ring (bicyclic) bond motifs is 1. The molecule has 2 saturated heterocycles. The van der Waals surface area contributed by atoms with Gasteiger partial charge in [0.1, 0.15) is 6.23 Å². The third-order valence-corrected chi connectivity index (χ3v) is 7.69. The van der Waals surface area contributed by atoms with Crippen molar-refractivity contribution in [3.8, 4) is 12.3 Å². The van der Waals surface area contributed by atoms with Gasteiger partial charge in [0, 0.05) is 25.9 Å². The van der Waals surface area contributed by atoms with Gasteiger partial charge in [-0.05, 0) is 30.0 Å². The van der Waals surface area contributed by atoms with Crippen LogP contribution in [-0.4, -0.2) is 73.1 Å². The van der Waals surface area contributed by atoms with Crippen molar-refractivity contribution in [1.29, 1.82) is 0 Å². The Balaban J connectivity index is 1.38. The van der Waals surface area contributed by atoms with E-state index in [1.807, 2.05) is 0 Å². The number of anilines is 1. The van der Waals surface area contributed by atoms with Crippen molar-refractivity contribution in [2.75, 3.05) is 24.6 Å². The number of halogens is 1. The molecule has 0 spiro atoms. The highest BCUT2D eigenvalue weighted by Gasteiger charge is 2.50. The molecule has 11 nitrogen and oxygen atoms in total. The average Bonchev–Trinajstić information content (AvgIpc) is 3.44. The number of carbonyl (C=O) groups is 2. The molecule has 4 heterocycles. The van der Waals surface area contributed by atoms with E-state index < -0.39 is 35.8 Å². The van der Waals surface area contributed by atoms with Crippen LogP contribution in [0.2, 0.25) is 5.28 Å². The smallest absolute Gasteiger partial charge is 0.348 e. The summed E-state index contributed by atoms with van der Waals surface area (Å²) in [6.07, 6.45) is 10.5. The molecule has 0 amide bonds. The fraction of sp³-hybridized carbons (Fsp3) is 0.464. The molecule has 2 fully saturated rings. The lowest BCUT2D eigenvalue weighted by atomic mass is 9.94. The summed E-state index contributed by atoms with van der Waals surface area (Å²) in [6.45, 7) is 1.37. The summed E-state index contributed by atoms with van der Waals surface area (Å²) in [7, 11) is 0. The van der Waals surface area contributed by atoms with E-state index in [4.69, 9.17) is 27.5 Å². The predicted molar refractivity (Wildman–Crippen MR) is 146 cm³/mol. The summed E-state index contributed by atoms with van der Waals surface area (Å²) >= 11 is 6.34. The quantitative estimate of drug-likeness (QED) is 0.224. The number of imidazole rings is 1. The summed E-state index contributed by atoms with van der Waals surface area (Å²) in [4.78, 5) is 40.1. The first-order chi connectivity index (χ1) is 19.3. The van der Waals surface area contributed by atoms with Crippen molar-refractivity contribution in [1.82, 2.24) is 19.5 Å². The maximum Gasteiger partial charge on any atom is 0.348 e. The van der Waals surface area contributed by atoms with E-state index in [0.29, 0.717) is 29.0 Å². The zero-order valence-corrected chi connectivity index (χ0v) is 22.5. The minimum absolute atomic E-state index is 0.0912. The van der Waals surface area contributed by atoms with Gasteiger partial charge in [0.05, 0.1) is 25.0 Å². The number of hydrogen-bond donors (Lipinski definition) is 2. The minimum Gasteiger partial charge on any atom is -0.479 e. The van der Waals surface area contributed by atoms with Gasteiger partial charge in [-0.3, -0.25) is 4.57 Å². The monoisotopic (exact) mass is 567 g/mol. The van der Waals surface area contributed by atoms with E-state index in [-0.39, 0.29) is 18.3 Å². The summed E-state index contributed by atoms with van der Waals surface area (Å²) in [5, 5.41) is 19.9. The van der Waals surface area contributed by atoms with E-state index in [0.717, 1.165) is 38.8 Å². The molecule has 3 aromatic rings. The van der Waals surface area contributed by atoms with Crippen molar-refractivity contribution in [3.05, 3.63) is 47.5 Å². The number of rotatable bonds is 9. The Hall–Kier alpha value is -3.72. The highest BCUT2D eigenvalue weighted by Crippen LogP contribution is 2.37. The van der Waals surface area contributed by atoms with E-state index in [1.54, 1.807) is 41.2 Å². The fourth-order valence-electron chi connectivity index (χ4n) is 5.35. The number of aliphatic carboxylic acids is 2. The zero-order valence-electron chi connectivity index (χ0n) is 21.8. The summed E-state index contributed by atoms with van der Waals surface area (Å²) in [6, 6.07) is 8.45. The van der Waals surface area contributed by atoms with Gasteiger partial charge in [0.25, 0.3) is 5.60 Å². The van der Waals surface area contributed by atoms with Gasteiger partial charge in [-0.2, -0.15) is 9.97 Å². The average molecular weight is 568 g/mol. The van der Waals surface area contributed by atoms with Crippen molar-refractivity contribution in [3.63, 3.8) is 0 Å². The molecule has 12 heteroatoms. The maximum atomic E-state index is 12.2. The van der Waals surface area contributed by atoms with Crippen LogP contribution in [0.4, 0.5) is 5.82 Å². The first kappa shape index (κ1) is 27.8.